The maximum absolute atomic E-state index is 2.45. The minimum absolute atomic E-state index is 1.22. The zero-order valence-electron chi connectivity index (χ0n) is 57.0. The average molecular weight is 1310 g/mol. The van der Waals surface area contributed by atoms with Gasteiger partial charge >= 0.3 is 0 Å². The topological polar surface area (TPSA) is 0 Å². The van der Waals surface area contributed by atoms with Crippen molar-refractivity contribution in [3.05, 3.63) is 388 Å². The Kier molecular flexibility index (Phi) is 13.8. The molecule has 0 nitrogen and oxygen atoms in total. The first-order valence-corrected chi connectivity index (χ1v) is 36.2. The van der Waals surface area contributed by atoms with Gasteiger partial charge in [0.25, 0.3) is 0 Å². The molecule has 0 spiro atoms. The summed E-state index contributed by atoms with van der Waals surface area (Å²) in [4.78, 5) is 0. The van der Waals surface area contributed by atoms with Gasteiger partial charge < -0.3 is 0 Å². The van der Waals surface area contributed by atoms with E-state index in [2.05, 4.69) is 388 Å². The van der Waals surface area contributed by atoms with Gasteiger partial charge in [0.1, 0.15) is 0 Å². The van der Waals surface area contributed by atoms with Crippen molar-refractivity contribution >= 4 is 129 Å². The van der Waals surface area contributed by atoms with Crippen molar-refractivity contribution in [2.24, 2.45) is 0 Å². The summed E-state index contributed by atoms with van der Waals surface area (Å²) in [6.07, 6.45) is 0. The fourth-order valence-electron chi connectivity index (χ4n) is 17.5. The standard InChI is InChI=1S/2C52H32/c1-2-13-37-30-39(23-22-33(37)10-1)38-16-7-17-40(31-38)49-32-50(44-21-9-15-35-12-4-6-19-42(35)44)48-27-25-36-24-26-45(46-28-29-47(49)52(48)51(36)46)43-20-8-14-34-11-3-5-18-41(34)43;1-2-12-39-31-40(24-21-33(39)9-1)34-19-22-37(23-20-34)49-32-50(44-18-8-14-36-11-4-6-16-42(36)44)48-28-26-38-25-27-45(46-29-30-47(49)52(48)51(38)46)43-17-7-13-35-10-3-5-15-41(35)43/h2*1-32H. The molecule has 0 aromatic heterocycles. The Balaban J connectivity index is 0.000000134. The van der Waals surface area contributed by atoms with Crippen LogP contribution >= 0.6 is 0 Å². The van der Waals surface area contributed by atoms with E-state index in [9.17, 15) is 0 Å². The molecule has 0 saturated carbocycles. The molecule has 0 N–H and O–H groups in total. The van der Waals surface area contributed by atoms with Crippen LogP contribution in [0.5, 0.6) is 0 Å². The Morgan fingerprint density at radius 2 is 0.365 bits per heavy atom. The van der Waals surface area contributed by atoms with E-state index in [0.29, 0.717) is 0 Å². The normalized spacial score (nSPS) is 11.8. The fraction of sp³-hybridized carbons (Fsp3) is 0. The summed E-state index contributed by atoms with van der Waals surface area (Å²) in [6.45, 7) is 0. The third-order valence-corrected chi connectivity index (χ3v) is 22.4. The van der Waals surface area contributed by atoms with Crippen LogP contribution in [0.4, 0.5) is 0 Å². The summed E-state index contributed by atoms with van der Waals surface area (Å²) < 4.78 is 0. The Bertz CT molecular complexity index is 7190. The van der Waals surface area contributed by atoms with Crippen molar-refractivity contribution in [2.75, 3.05) is 0 Å². The summed E-state index contributed by atoms with van der Waals surface area (Å²) in [7, 11) is 0. The third kappa shape index (κ3) is 9.68. The molecule has 0 heteroatoms. The van der Waals surface area contributed by atoms with E-state index in [4.69, 9.17) is 0 Å². The first-order chi connectivity index (χ1) is 51.6. The third-order valence-electron chi connectivity index (χ3n) is 22.4. The lowest BCUT2D eigenvalue weighted by atomic mass is 9.83. The van der Waals surface area contributed by atoms with Crippen molar-refractivity contribution < 1.29 is 0 Å². The molecule has 0 aliphatic rings. The molecule has 22 rings (SSSR count). The van der Waals surface area contributed by atoms with Gasteiger partial charge in [0.05, 0.1) is 0 Å². The van der Waals surface area contributed by atoms with Gasteiger partial charge in [-0.1, -0.05) is 358 Å². The van der Waals surface area contributed by atoms with Gasteiger partial charge in [0.2, 0.25) is 0 Å². The molecule has 0 unspecified atom stereocenters. The molecule has 0 heterocycles. The first kappa shape index (κ1) is 59.4. The van der Waals surface area contributed by atoms with Crippen molar-refractivity contribution in [1.29, 1.82) is 0 Å². The Morgan fingerprint density at radius 3 is 0.808 bits per heavy atom. The quantitative estimate of drug-likeness (QED) is 0.133. The van der Waals surface area contributed by atoms with Crippen molar-refractivity contribution in [3.8, 4) is 89.0 Å². The Hall–Kier alpha value is -13.5. The van der Waals surface area contributed by atoms with Crippen LogP contribution in [0.25, 0.3) is 218 Å². The molecule has 0 saturated heterocycles. The monoisotopic (exact) mass is 1310 g/mol. The predicted molar refractivity (Wildman–Crippen MR) is 449 cm³/mol. The molecular formula is C104H64. The second-order valence-corrected chi connectivity index (χ2v) is 28.1. The molecule has 22 aromatic rings. The highest BCUT2D eigenvalue weighted by Gasteiger charge is 2.23. The lowest BCUT2D eigenvalue weighted by molar-refractivity contribution is 1.62. The van der Waals surface area contributed by atoms with Gasteiger partial charge in [0, 0.05) is 0 Å². The summed E-state index contributed by atoms with van der Waals surface area (Å²) in [6, 6.07) is 144. The zero-order chi connectivity index (χ0) is 68.3. The highest BCUT2D eigenvalue weighted by atomic mass is 14.3. The molecule has 0 amide bonds. The van der Waals surface area contributed by atoms with Crippen LogP contribution in [0.3, 0.4) is 0 Å². The SMILES string of the molecule is c1cc(-c2ccc3ccccc3c2)cc(-c2cc(-c3cccc4ccccc34)c3ccc4ccc(-c5cccc6ccccc56)c5ccc2c3c45)c1.c1ccc2cc(-c3ccc(-c4cc(-c5cccc6ccccc56)c5ccc6ccc(-c7cccc8ccccc78)c7ccc4c5c67)cc3)ccc2c1. The van der Waals surface area contributed by atoms with Gasteiger partial charge in [-0.3, -0.25) is 0 Å². The second kappa shape index (κ2) is 24.1. The summed E-state index contributed by atoms with van der Waals surface area (Å²) in [5.74, 6) is 0. The van der Waals surface area contributed by atoms with Gasteiger partial charge in [-0.05, 0) is 249 Å². The number of hydrogen-bond acceptors (Lipinski definition) is 0. The molecule has 480 valence electrons. The smallest absolute Gasteiger partial charge is 0.00141 e. The van der Waals surface area contributed by atoms with E-state index >= 15 is 0 Å². The maximum atomic E-state index is 2.45. The average Bonchev–Trinajstić information content (AvgIpc) is 0.716. The molecule has 0 aliphatic heterocycles. The van der Waals surface area contributed by atoms with Crippen LogP contribution in [0, 0.1) is 0 Å². The minimum Gasteiger partial charge on any atom is -0.0616 e. The van der Waals surface area contributed by atoms with Crippen LogP contribution in [0.15, 0.2) is 388 Å². The van der Waals surface area contributed by atoms with Crippen LogP contribution in [-0.2, 0) is 0 Å². The van der Waals surface area contributed by atoms with Crippen LogP contribution in [0.1, 0.15) is 0 Å². The summed E-state index contributed by atoms with van der Waals surface area (Å²) >= 11 is 0. The maximum Gasteiger partial charge on any atom is -0.00141 e. The van der Waals surface area contributed by atoms with Crippen LogP contribution < -0.4 is 0 Å². The van der Waals surface area contributed by atoms with Crippen molar-refractivity contribution in [2.45, 2.75) is 0 Å². The van der Waals surface area contributed by atoms with E-state index in [0.717, 1.165) is 0 Å². The van der Waals surface area contributed by atoms with Crippen LogP contribution in [0.2, 0.25) is 0 Å². The molecule has 0 aliphatic carbocycles. The molecular weight excluding hydrogens is 1250 g/mol. The molecule has 22 aromatic carbocycles. The van der Waals surface area contributed by atoms with Crippen LogP contribution in [-0.4, -0.2) is 0 Å². The van der Waals surface area contributed by atoms with E-state index in [1.807, 2.05) is 0 Å². The molecule has 0 radical (unpaired) electrons. The van der Waals surface area contributed by atoms with E-state index in [1.54, 1.807) is 0 Å². The van der Waals surface area contributed by atoms with Crippen molar-refractivity contribution in [1.82, 2.24) is 0 Å². The summed E-state index contributed by atoms with van der Waals surface area (Å²) in [5.41, 5.74) is 20.0. The molecule has 104 heavy (non-hydrogen) atoms. The number of rotatable bonds is 8. The Morgan fingerprint density at radius 1 is 0.0962 bits per heavy atom. The first-order valence-electron chi connectivity index (χ1n) is 36.2. The van der Waals surface area contributed by atoms with E-state index in [1.165, 1.54) is 218 Å². The molecule has 0 fully saturated rings. The van der Waals surface area contributed by atoms with Gasteiger partial charge in [-0.2, -0.15) is 0 Å². The van der Waals surface area contributed by atoms with Crippen molar-refractivity contribution in [3.63, 3.8) is 0 Å². The van der Waals surface area contributed by atoms with E-state index in [-0.39, 0.29) is 0 Å². The highest BCUT2D eigenvalue weighted by molar-refractivity contribution is 6.33. The zero-order valence-corrected chi connectivity index (χ0v) is 57.0. The largest absolute Gasteiger partial charge is 0.0616 e. The lowest BCUT2D eigenvalue weighted by Crippen LogP contribution is -1.93. The Labute approximate surface area is 602 Å². The molecule has 0 atom stereocenters. The van der Waals surface area contributed by atoms with Gasteiger partial charge in [0.15, 0.2) is 0 Å². The number of fused-ring (bicyclic) bond motifs is 6. The van der Waals surface area contributed by atoms with E-state index < -0.39 is 0 Å². The number of benzene rings is 22. The lowest BCUT2D eigenvalue weighted by Gasteiger charge is -2.20. The minimum atomic E-state index is 1.22. The summed E-state index contributed by atoms with van der Waals surface area (Å²) in [5, 5.41) is 30.8. The predicted octanol–water partition coefficient (Wildman–Crippen LogP) is 29.4. The fourth-order valence-corrected chi connectivity index (χ4v) is 17.5. The van der Waals surface area contributed by atoms with Gasteiger partial charge in [-0.15, -0.1) is 0 Å². The van der Waals surface area contributed by atoms with Gasteiger partial charge in [-0.25, -0.2) is 0 Å². The number of hydrogen-bond donors (Lipinski definition) is 0. The molecule has 0 bridgehead atoms. The highest BCUT2D eigenvalue weighted by Crippen LogP contribution is 2.51. The second-order valence-electron chi connectivity index (χ2n) is 28.1.